The topological polar surface area (TPSA) is 67.2 Å². The Bertz CT molecular complexity index is 1270. The molecule has 4 rings (SSSR count). The first-order chi connectivity index (χ1) is 14.9. The average molecular weight is 420 g/mol. The van der Waals surface area contributed by atoms with E-state index in [9.17, 15) is 18.0 Å². The molecule has 0 aliphatic heterocycles. The molecule has 0 saturated carbocycles. The van der Waals surface area contributed by atoms with Crippen molar-refractivity contribution in [3.8, 4) is 11.3 Å². The van der Waals surface area contributed by atoms with E-state index in [2.05, 4.69) is 20.5 Å². The number of carbonyl (C=O) groups excluding carboxylic acids is 1. The number of nitrogens with one attached hydrogen (secondary N) is 1. The summed E-state index contributed by atoms with van der Waals surface area (Å²) >= 11 is 0. The molecule has 5 nitrogen and oxygen atoms in total. The van der Waals surface area contributed by atoms with Gasteiger partial charge in [0.2, 0.25) is 0 Å². The third kappa shape index (κ3) is 4.42. The largest absolute Gasteiger partial charge is 0.417 e. The lowest BCUT2D eigenvalue weighted by atomic mass is 10.0. The number of nitrogens with zero attached hydrogens (tertiary/aromatic N) is 3. The summed E-state index contributed by atoms with van der Waals surface area (Å²) in [7, 11) is 0. The van der Waals surface area contributed by atoms with Gasteiger partial charge in [0, 0.05) is 28.9 Å². The third-order valence-electron chi connectivity index (χ3n) is 4.55. The normalized spacial score (nSPS) is 11.7. The first-order valence-electron chi connectivity index (χ1n) is 9.23. The van der Waals surface area contributed by atoms with E-state index in [0.717, 1.165) is 17.8 Å². The van der Waals surface area contributed by atoms with Crippen molar-refractivity contribution < 1.29 is 18.0 Å². The van der Waals surface area contributed by atoms with E-state index < -0.39 is 17.6 Å². The zero-order valence-corrected chi connectivity index (χ0v) is 16.0. The Labute approximate surface area is 175 Å². The minimum Gasteiger partial charge on any atom is -0.267 e. The van der Waals surface area contributed by atoms with E-state index in [1.165, 1.54) is 18.2 Å². The van der Waals surface area contributed by atoms with Gasteiger partial charge in [0.05, 0.1) is 28.6 Å². The molecular formula is C23H15F3N4O. The number of aromatic nitrogens is 2. The maximum atomic E-state index is 13.1. The van der Waals surface area contributed by atoms with Crippen LogP contribution in [0.25, 0.3) is 22.2 Å². The molecule has 154 valence electrons. The average Bonchev–Trinajstić information content (AvgIpc) is 2.78. The molecule has 1 N–H and O–H groups in total. The first-order valence-corrected chi connectivity index (χ1v) is 9.23. The Kier molecular flexibility index (Phi) is 5.44. The van der Waals surface area contributed by atoms with Gasteiger partial charge in [-0.15, -0.1) is 0 Å². The van der Waals surface area contributed by atoms with E-state index in [0.29, 0.717) is 22.2 Å². The highest BCUT2D eigenvalue weighted by Crippen LogP contribution is 2.31. The van der Waals surface area contributed by atoms with Crippen LogP contribution in [0.5, 0.6) is 0 Å². The number of rotatable bonds is 4. The molecule has 0 unspecified atom stereocenters. The van der Waals surface area contributed by atoms with Crippen LogP contribution in [0.15, 0.2) is 84.2 Å². The number of hydrazone groups is 1. The van der Waals surface area contributed by atoms with Crippen molar-refractivity contribution in [3.05, 3.63) is 95.8 Å². The highest BCUT2D eigenvalue weighted by Gasteiger charge is 2.32. The number of hydrogen-bond donors (Lipinski definition) is 1. The molecule has 1 amide bonds. The summed E-state index contributed by atoms with van der Waals surface area (Å²) in [5, 5.41) is 4.34. The van der Waals surface area contributed by atoms with Crippen molar-refractivity contribution in [2.75, 3.05) is 0 Å². The lowest BCUT2D eigenvalue weighted by Crippen LogP contribution is -2.19. The highest BCUT2D eigenvalue weighted by molar-refractivity contribution is 6.07. The number of para-hydroxylation sites is 1. The van der Waals surface area contributed by atoms with Gasteiger partial charge in [-0.05, 0) is 30.3 Å². The van der Waals surface area contributed by atoms with Gasteiger partial charge in [-0.3, -0.25) is 9.78 Å². The predicted octanol–water partition coefficient (Wildman–Crippen LogP) is 5.08. The molecular weight excluding hydrogens is 405 g/mol. The standard InChI is InChI=1S/C23H15F3N4O/c24-23(25,26)19-9-3-1-6-15(19)14-28-30-22(31)18-12-21(16-7-5-11-27-13-16)29-20-10-4-2-8-17(18)20/h1-14H,(H,30,31)/b28-14+. The summed E-state index contributed by atoms with van der Waals surface area (Å²) in [5.74, 6) is -0.565. The van der Waals surface area contributed by atoms with Crippen LogP contribution >= 0.6 is 0 Å². The van der Waals surface area contributed by atoms with Gasteiger partial charge in [-0.25, -0.2) is 10.4 Å². The summed E-state index contributed by atoms with van der Waals surface area (Å²) in [5.41, 5.74) is 3.50. The molecule has 0 aliphatic carbocycles. The van der Waals surface area contributed by atoms with Crippen molar-refractivity contribution in [2.24, 2.45) is 5.10 Å². The Hall–Kier alpha value is -4.07. The lowest BCUT2D eigenvalue weighted by Gasteiger charge is -2.10. The monoisotopic (exact) mass is 420 g/mol. The van der Waals surface area contributed by atoms with Gasteiger partial charge in [0.1, 0.15) is 0 Å². The lowest BCUT2D eigenvalue weighted by molar-refractivity contribution is -0.137. The van der Waals surface area contributed by atoms with Crippen LogP contribution in [-0.4, -0.2) is 22.1 Å². The van der Waals surface area contributed by atoms with Crippen molar-refractivity contribution in [3.63, 3.8) is 0 Å². The van der Waals surface area contributed by atoms with Gasteiger partial charge in [0.25, 0.3) is 5.91 Å². The van der Waals surface area contributed by atoms with Gasteiger partial charge in [0.15, 0.2) is 0 Å². The molecule has 2 heterocycles. The number of halogens is 3. The Morgan fingerprint density at radius 1 is 1.00 bits per heavy atom. The van der Waals surface area contributed by atoms with Crippen LogP contribution in [0.2, 0.25) is 0 Å². The van der Waals surface area contributed by atoms with Gasteiger partial charge in [-0.1, -0.05) is 36.4 Å². The molecule has 4 aromatic rings. The molecule has 0 fully saturated rings. The fraction of sp³-hybridized carbons (Fsp3) is 0.0435. The van der Waals surface area contributed by atoms with Crippen molar-refractivity contribution in [1.29, 1.82) is 0 Å². The Morgan fingerprint density at radius 2 is 1.77 bits per heavy atom. The molecule has 2 aromatic heterocycles. The third-order valence-corrected chi connectivity index (χ3v) is 4.55. The van der Waals surface area contributed by atoms with E-state index in [1.807, 2.05) is 6.07 Å². The second-order valence-electron chi connectivity index (χ2n) is 6.60. The minimum absolute atomic E-state index is 0.147. The van der Waals surface area contributed by atoms with Crippen molar-refractivity contribution in [1.82, 2.24) is 15.4 Å². The maximum Gasteiger partial charge on any atom is 0.417 e. The zero-order chi connectivity index (χ0) is 21.8. The van der Waals surface area contributed by atoms with E-state index >= 15 is 0 Å². The van der Waals surface area contributed by atoms with Crippen molar-refractivity contribution >= 4 is 23.0 Å². The second-order valence-corrected chi connectivity index (χ2v) is 6.60. The van der Waals surface area contributed by atoms with Crippen molar-refractivity contribution in [2.45, 2.75) is 6.18 Å². The number of fused-ring (bicyclic) bond motifs is 1. The molecule has 2 aromatic carbocycles. The maximum absolute atomic E-state index is 13.1. The van der Waals surface area contributed by atoms with Crippen LogP contribution in [-0.2, 0) is 6.18 Å². The number of pyridine rings is 2. The number of amides is 1. The van der Waals surface area contributed by atoms with Gasteiger partial charge < -0.3 is 0 Å². The summed E-state index contributed by atoms with van der Waals surface area (Å²) in [4.78, 5) is 21.5. The summed E-state index contributed by atoms with van der Waals surface area (Å²) in [6.07, 6.45) is -0.282. The van der Waals surface area contributed by atoms with E-state index in [-0.39, 0.29) is 5.56 Å². The quantitative estimate of drug-likeness (QED) is 0.370. The molecule has 0 spiro atoms. The number of alkyl halides is 3. The van der Waals surface area contributed by atoms with Crippen LogP contribution in [0, 0.1) is 0 Å². The fourth-order valence-corrected chi connectivity index (χ4v) is 3.11. The summed E-state index contributed by atoms with van der Waals surface area (Å²) in [6.45, 7) is 0. The van der Waals surface area contributed by atoms with Crippen LogP contribution in [0.4, 0.5) is 13.2 Å². The Morgan fingerprint density at radius 3 is 2.55 bits per heavy atom. The van der Waals surface area contributed by atoms with Gasteiger partial charge in [-0.2, -0.15) is 18.3 Å². The molecule has 31 heavy (non-hydrogen) atoms. The fourth-order valence-electron chi connectivity index (χ4n) is 3.11. The molecule has 0 saturated heterocycles. The van der Waals surface area contributed by atoms with Gasteiger partial charge >= 0.3 is 6.18 Å². The Balaban J connectivity index is 1.66. The molecule has 0 aliphatic rings. The van der Waals surface area contributed by atoms with E-state index in [4.69, 9.17) is 0 Å². The summed E-state index contributed by atoms with van der Waals surface area (Å²) in [6, 6.07) is 17.3. The predicted molar refractivity (Wildman–Crippen MR) is 111 cm³/mol. The number of carbonyl (C=O) groups is 1. The minimum atomic E-state index is -4.52. The molecule has 0 bridgehead atoms. The SMILES string of the molecule is O=C(N/N=C/c1ccccc1C(F)(F)F)c1cc(-c2cccnc2)nc2ccccc12. The molecule has 0 atom stereocenters. The van der Waals surface area contributed by atoms with E-state index in [1.54, 1.807) is 48.8 Å². The van der Waals surface area contributed by atoms with Crippen LogP contribution in [0.1, 0.15) is 21.5 Å². The van der Waals surface area contributed by atoms with Crippen LogP contribution in [0.3, 0.4) is 0 Å². The molecule has 0 radical (unpaired) electrons. The molecule has 8 heteroatoms. The number of hydrogen-bond acceptors (Lipinski definition) is 4. The highest BCUT2D eigenvalue weighted by atomic mass is 19.4. The smallest absolute Gasteiger partial charge is 0.267 e. The first kappa shape index (κ1) is 20.2. The zero-order valence-electron chi connectivity index (χ0n) is 16.0. The van der Waals surface area contributed by atoms with Crippen LogP contribution < -0.4 is 5.43 Å². The number of benzene rings is 2. The second kappa shape index (κ2) is 8.35. The summed E-state index contributed by atoms with van der Waals surface area (Å²) < 4.78 is 39.4.